The lowest BCUT2D eigenvalue weighted by Gasteiger charge is -2.18. The van der Waals surface area contributed by atoms with Gasteiger partial charge in [0.25, 0.3) is 0 Å². The number of hydrogen-bond acceptors (Lipinski definition) is 5. The molecule has 0 radical (unpaired) electrons. The molecule has 3 amide bonds. The van der Waals surface area contributed by atoms with Gasteiger partial charge in [0.05, 0.1) is 6.54 Å². The molecule has 1 N–H and O–H groups in total. The fraction of sp³-hybridized carbons (Fsp3) is 0.294. The third kappa shape index (κ3) is 3.25. The number of rotatable bonds is 5. The first-order chi connectivity index (χ1) is 12.2. The van der Waals surface area contributed by atoms with Crippen molar-refractivity contribution >= 4 is 29.0 Å². The maximum atomic E-state index is 12.6. The maximum Gasteiger partial charge on any atom is 0.325 e. The molecule has 8 heteroatoms. The minimum absolute atomic E-state index is 0.0608. The average Bonchev–Trinajstić information content (AvgIpc) is 3.34. The van der Waals surface area contributed by atoms with Gasteiger partial charge in [-0.2, -0.15) is 0 Å². The van der Waals surface area contributed by atoms with Crippen molar-refractivity contribution in [2.24, 2.45) is 0 Å². The van der Waals surface area contributed by atoms with E-state index in [9.17, 15) is 9.59 Å². The van der Waals surface area contributed by atoms with E-state index in [4.69, 9.17) is 9.47 Å². The molecule has 3 heterocycles. The minimum atomic E-state index is -0.176. The Labute approximate surface area is 148 Å². The predicted molar refractivity (Wildman–Crippen MR) is 93.0 cm³/mol. The molecule has 130 valence electrons. The van der Waals surface area contributed by atoms with Crippen LogP contribution in [0.25, 0.3) is 0 Å². The molecule has 25 heavy (non-hydrogen) atoms. The largest absolute Gasteiger partial charge is 0.454 e. The van der Waals surface area contributed by atoms with Crippen LogP contribution in [0, 0.1) is 0 Å². The highest BCUT2D eigenvalue weighted by molar-refractivity contribution is 7.09. The van der Waals surface area contributed by atoms with Gasteiger partial charge in [0.2, 0.25) is 12.7 Å². The Balaban J connectivity index is 1.35. The number of carbonyl (C=O) groups excluding carboxylic acids is 2. The molecule has 0 atom stereocenters. The molecule has 0 bridgehead atoms. The summed E-state index contributed by atoms with van der Waals surface area (Å²) in [4.78, 5) is 28.9. The molecule has 0 unspecified atom stereocenters. The van der Waals surface area contributed by atoms with Crippen molar-refractivity contribution < 1.29 is 19.1 Å². The van der Waals surface area contributed by atoms with E-state index in [1.807, 2.05) is 23.6 Å². The summed E-state index contributed by atoms with van der Waals surface area (Å²) in [7, 11) is 0. The molecule has 7 nitrogen and oxygen atoms in total. The highest BCUT2D eigenvalue weighted by atomic mass is 32.1. The molecular weight excluding hydrogens is 342 g/mol. The zero-order chi connectivity index (χ0) is 17.2. The van der Waals surface area contributed by atoms with Crippen LogP contribution >= 0.6 is 11.3 Å². The first-order valence-corrected chi connectivity index (χ1v) is 8.84. The zero-order valence-electron chi connectivity index (χ0n) is 13.4. The second-order valence-corrected chi connectivity index (χ2v) is 6.78. The Kier molecular flexibility index (Phi) is 4.19. The van der Waals surface area contributed by atoms with Crippen molar-refractivity contribution in [2.45, 2.75) is 6.54 Å². The van der Waals surface area contributed by atoms with Crippen molar-refractivity contribution in [1.29, 1.82) is 0 Å². The van der Waals surface area contributed by atoms with Crippen LogP contribution in [0.3, 0.4) is 0 Å². The number of ether oxygens (including phenoxy) is 2. The summed E-state index contributed by atoms with van der Waals surface area (Å²) in [5.74, 6) is 1.16. The van der Waals surface area contributed by atoms with Crippen LogP contribution in [0.5, 0.6) is 11.5 Å². The van der Waals surface area contributed by atoms with Gasteiger partial charge < -0.3 is 19.7 Å². The standard InChI is InChI=1S/C17H17N3O4S/c21-16(18-9-13-2-1-7-25-13)10-19-5-6-20(17(19)22)12-3-4-14-15(8-12)24-11-23-14/h1-4,7-8H,5-6,9-11H2,(H,18,21). The summed E-state index contributed by atoms with van der Waals surface area (Å²) >= 11 is 1.59. The quantitative estimate of drug-likeness (QED) is 0.887. The monoisotopic (exact) mass is 359 g/mol. The van der Waals surface area contributed by atoms with E-state index in [0.29, 0.717) is 31.1 Å². The second kappa shape index (κ2) is 6.64. The topological polar surface area (TPSA) is 71.1 Å². The number of anilines is 1. The van der Waals surface area contributed by atoms with Gasteiger partial charge in [0.15, 0.2) is 11.5 Å². The third-order valence-electron chi connectivity index (χ3n) is 4.14. The summed E-state index contributed by atoms with van der Waals surface area (Å²) in [5, 5.41) is 4.81. The molecule has 0 spiro atoms. The summed E-state index contributed by atoms with van der Waals surface area (Å²) in [6.45, 7) is 1.80. The average molecular weight is 359 g/mol. The van der Waals surface area contributed by atoms with Crippen LogP contribution in [-0.4, -0.2) is 43.3 Å². The van der Waals surface area contributed by atoms with Gasteiger partial charge in [0, 0.05) is 29.7 Å². The Morgan fingerprint density at radius 3 is 2.92 bits per heavy atom. The highest BCUT2D eigenvalue weighted by Crippen LogP contribution is 2.36. The Bertz CT molecular complexity index is 793. The van der Waals surface area contributed by atoms with Crippen molar-refractivity contribution in [3.8, 4) is 11.5 Å². The van der Waals surface area contributed by atoms with Gasteiger partial charge >= 0.3 is 6.03 Å². The zero-order valence-corrected chi connectivity index (χ0v) is 14.3. The smallest absolute Gasteiger partial charge is 0.325 e. The summed E-state index contributed by atoms with van der Waals surface area (Å²) < 4.78 is 10.6. The number of amides is 3. The number of nitrogens with one attached hydrogen (secondary N) is 1. The van der Waals surface area contributed by atoms with Gasteiger partial charge in [-0.3, -0.25) is 9.69 Å². The van der Waals surface area contributed by atoms with Crippen molar-refractivity contribution in [2.75, 3.05) is 31.3 Å². The van der Waals surface area contributed by atoms with Crippen LogP contribution in [0.2, 0.25) is 0 Å². The van der Waals surface area contributed by atoms with E-state index in [-0.39, 0.29) is 25.3 Å². The van der Waals surface area contributed by atoms with Crippen LogP contribution in [0.15, 0.2) is 35.7 Å². The lowest BCUT2D eigenvalue weighted by atomic mass is 10.2. The molecule has 1 fully saturated rings. The third-order valence-corrected chi connectivity index (χ3v) is 5.01. The normalized spacial score (nSPS) is 15.8. The maximum absolute atomic E-state index is 12.6. The fourth-order valence-corrected chi connectivity index (χ4v) is 3.49. The molecule has 2 aliphatic heterocycles. The van der Waals surface area contributed by atoms with E-state index >= 15 is 0 Å². The number of thiophene rings is 1. The number of nitrogens with zero attached hydrogens (tertiary/aromatic N) is 2. The van der Waals surface area contributed by atoms with Gasteiger partial charge in [-0.15, -0.1) is 11.3 Å². The molecule has 1 aromatic heterocycles. The molecule has 0 aliphatic carbocycles. The molecule has 2 aromatic rings. The number of hydrogen-bond donors (Lipinski definition) is 1. The molecule has 1 aromatic carbocycles. The van der Waals surface area contributed by atoms with Gasteiger partial charge in [-0.25, -0.2) is 4.79 Å². The first-order valence-electron chi connectivity index (χ1n) is 7.96. The van der Waals surface area contributed by atoms with Crippen LogP contribution in [0.4, 0.5) is 10.5 Å². The summed E-state index contributed by atoms with van der Waals surface area (Å²) in [5.41, 5.74) is 0.746. The van der Waals surface area contributed by atoms with Crippen LogP contribution in [-0.2, 0) is 11.3 Å². The Morgan fingerprint density at radius 1 is 1.20 bits per heavy atom. The predicted octanol–water partition coefficient (Wildman–Crippen LogP) is 2.04. The first kappa shape index (κ1) is 15.8. The lowest BCUT2D eigenvalue weighted by molar-refractivity contribution is -0.121. The Morgan fingerprint density at radius 2 is 2.08 bits per heavy atom. The van der Waals surface area contributed by atoms with E-state index in [1.165, 1.54) is 0 Å². The number of fused-ring (bicyclic) bond motifs is 1. The SMILES string of the molecule is O=C(CN1CCN(c2ccc3c(c2)OCO3)C1=O)NCc1cccs1. The summed E-state index contributed by atoms with van der Waals surface area (Å²) in [6, 6.07) is 9.14. The molecule has 4 rings (SSSR count). The number of carbonyl (C=O) groups is 2. The summed E-state index contributed by atoms with van der Waals surface area (Å²) in [6.07, 6.45) is 0. The molecule has 2 aliphatic rings. The van der Waals surface area contributed by atoms with E-state index < -0.39 is 0 Å². The minimum Gasteiger partial charge on any atom is -0.454 e. The molecular formula is C17H17N3O4S. The van der Waals surface area contributed by atoms with Crippen LogP contribution in [0.1, 0.15) is 4.88 Å². The number of benzene rings is 1. The van der Waals surface area contributed by atoms with E-state index in [0.717, 1.165) is 10.6 Å². The van der Waals surface area contributed by atoms with Crippen molar-refractivity contribution in [1.82, 2.24) is 10.2 Å². The highest BCUT2D eigenvalue weighted by Gasteiger charge is 2.31. The second-order valence-electron chi connectivity index (χ2n) is 5.75. The lowest BCUT2D eigenvalue weighted by Crippen LogP contribution is -2.39. The van der Waals surface area contributed by atoms with Crippen LogP contribution < -0.4 is 19.7 Å². The van der Waals surface area contributed by atoms with Gasteiger partial charge in [0.1, 0.15) is 6.54 Å². The van der Waals surface area contributed by atoms with Crippen molar-refractivity contribution in [3.05, 3.63) is 40.6 Å². The van der Waals surface area contributed by atoms with Gasteiger partial charge in [-0.05, 0) is 23.6 Å². The fourth-order valence-electron chi connectivity index (χ4n) is 2.85. The van der Waals surface area contributed by atoms with Crippen molar-refractivity contribution in [3.63, 3.8) is 0 Å². The number of urea groups is 1. The molecule has 1 saturated heterocycles. The Hall–Kier alpha value is -2.74. The van der Waals surface area contributed by atoms with Gasteiger partial charge in [-0.1, -0.05) is 6.07 Å². The molecule has 0 saturated carbocycles. The van der Waals surface area contributed by atoms with E-state index in [2.05, 4.69) is 5.32 Å². The van der Waals surface area contributed by atoms with E-state index in [1.54, 1.807) is 33.3 Å².